The Labute approximate surface area is 109 Å². The van der Waals surface area contributed by atoms with Gasteiger partial charge in [-0.1, -0.05) is 11.3 Å². The van der Waals surface area contributed by atoms with Gasteiger partial charge in [-0.15, -0.1) is 0 Å². The number of rotatable bonds is 4. The summed E-state index contributed by atoms with van der Waals surface area (Å²) in [6, 6.07) is 3.71. The molecule has 0 amide bonds. The molecular formula is C12H13N3O2S. The molecule has 0 aliphatic rings. The lowest BCUT2D eigenvalue weighted by molar-refractivity contribution is 0.0531. The van der Waals surface area contributed by atoms with E-state index >= 15 is 0 Å². The highest BCUT2D eigenvalue weighted by Gasteiger charge is 2.16. The van der Waals surface area contributed by atoms with Crippen molar-refractivity contribution in [1.29, 1.82) is 0 Å². The van der Waals surface area contributed by atoms with Crippen molar-refractivity contribution in [3.8, 4) is 0 Å². The summed E-state index contributed by atoms with van der Waals surface area (Å²) in [4.78, 5) is 20.5. The van der Waals surface area contributed by atoms with Gasteiger partial charge in [-0.3, -0.25) is 4.98 Å². The molecule has 2 aromatic rings. The molecule has 0 aromatic carbocycles. The van der Waals surface area contributed by atoms with E-state index in [1.54, 1.807) is 26.2 Å². The van der Waals surface area contributed by atoms with Crippen molar-refractivity contribution >= 4 is 28.1 Å². The summed E-state index contributed by atoms with van der Waals surface area (Å²) in [6.45, 7) is 3.93. The Kier molecular flexibility index (Phi) is 3.88. The quantitative estimate of drug-likeness (QED) is 0.859. The van der Waals surface area contributed by atoms with Crippen LogP contribution in [0.1, 0.15) is 22.3 Å². The number of carbonyl (C=O) groups is 1. The van der Waals surface area contributed by atoms with Crippen molar-refractivity contribution < 1.29 is 9.53 Å². The summed E-state index contributed by atoms with van der Waals surface area (Å²) in [5.41, 5.74) is 1.51. The van der Waals surface area contributed by atoms with Gasteiger partial charge >= 0.3 is 5.97 Å². The van der Waals surface area contributed by atoms with Gasteiger partial charge in [0, 0.05) is 6.20 Å². The fourth-order valence-corrected chi connectivity index (χ4v) is 2.28. The smallest absolute Gasteiger partial charge is 0.350 e. The van der Waals surface area contributed by atoms with Crippen LogP contribution in [0.3, 0.4) is 0 Å². The predicted octanol–water partition coefficient (Wildman–Crippen LogP) is 2.77. The van der Waals surface area contributed by atoms with Crippen molar-refractivity contribution in [2.45, 2.75) is 13.8 Å². The maximum Gasteiger partial charge on any atom is 0.350 e. The fourth-order valence-electron chi connectivity index (χ4n) is 1.40. The highest BCUT2D eigenvalue weighted by Crippen LogP contribution is 2.25. The molecule has 2 rings (SSSR count). The second kappa shape index (κ2) is 5.59. The third kappa shape index (κ3) is 2.84. The number of pyridine rings is 1. The second-order valence-electron chi connectivity index (χ2n) is 3.52. The standard InChI is InChI=1S/C12H13N3O2S/c1-3-17-11(16)10-8(2)14-12(18-10)15-9-5-4-6-13-7-9/h4-7H,3H2,1-2H3,(H,14,15). The third-order valence-corrected chi connectivity index (χ3v) is 3.22. The molecule has 0 aliphatic heterocycles. The molecule has 94 valence electrons. The van der Waals surface area contributed by atoms with Gasteiger partial charge in [0.05, 0.1) is 24.2 Å². The predicted molar refractivity (Wildman–Crippen MR) is 70.3 cm³/mol. The van der Waals surface area contributed by atoms with Crippen molar-refractivity contribution in [1.82, 2.24) is 9.97 Å². The van der Waals surface area contributed by atoms with Crippen molar-refractivity contribution in [2.75, 3.05) is 11.9 Å². The zero-order valence-electron chi connectivity index (χ0n) is 10.1. The molecular weight excluding hydrogens is 250 g/mol. The number of carbonyl (C=O) groups excluding carboxylic acids is 1. The number of thiazole rings is 1. The van der Waals surface area contributed by atoms with Gasteiger partial charge < -0.3 is 10.1 Å². The second-order valence-corrected chi connectivity index (χ2v) is 4.52. The zero-order chi connectivity index (χ0) is 13.0. The van der Waals surface area contributed by atoms with Crippen LogP contribution in [-0.2, 0) is 4.74 Å². The molecule has 0 saturated carbocycles. The van der Waals surface area contributed by atoms with Crippen LogP contribution < -0.4 is 5.32 Å². The number of anilines is 2. The minimum absolute atomic E-state index is 0.327. The Morgan fingerprint density at radius 2 is 2.39 bits per heavy atom. The fraction of sp³-hybridized carbons (Fsp3) is 0.250. The highest BCUT2D eigenvalue weighted by molar-refractivity contribution is 7.17. The lowest BCUT2D eigenvalue weighted by Gasteiger charge is -1.99. The number of hydrogen-bond acceptors (Lipinski definition) is 6. The summed E-state index contributed by atoms with van der Waals surface area (Å²) >= 11 is 1.28. The Bertz CT molecular complexity index is 540. The number of esters is 1. The molecule has 18 heavy (non-hydrogen) atoms. The number of aryl methyl sites for hydroxylation is 1. The highest BCUT2D eigenvalue weighted by atomic mass is 32.1. The van der Waals surface area contributed by atoms with E-state index in [4.69, 9.17) is 4.74 Å². The van der Waals surface area contributed by atoms with Gasteiger partial charge in [-0.05, 0) is 26.0 Å². The first-order valence-electron chi connectivity index (χ1n) is 5.52. The van der Waals surface area contributed by atoms with E-state index in [1.807, 2.05) is 12.1 Å². The topological polar surface area (TPSA) is 64.1 Å². The van der Waals surface area contributed by atoms with Crippen LogP contribution >= 0.6 is 11.3 Å². The van der Waals surface area contributed by atoms with Gasteiger partial charge in [-0.2, -0.15) is 0 Å². The number of ether oxygens (including phenoxy) is 1. The SMILES string of the molecule is CCOC(=O)c1sc(Nc2cccnc2)nc1C. The summed E-state index contributed by atoms with van der Waals surface area (Å²) in [6.07, 6.45) is 3.39. The number of nitrogens with zero attached hydrogens (tertiary/aromatic N) is 2. The summed E-state index contributed by atoms with van der Waals surface area (Å²) < 4.78 is 4.96. The average Bonchev–Trinajstić information content (AvgIpc) is 2.72. The van der Waals surface area contributed by atoms with Gasteiger partial charge in [0.1, 0.15) is 4.88 Å². The monoisotopic (exact) mass is 263 g/mol. The third-order valence-electron chi connectivity index (χ3n) is 2.17. The lowest BCUT2D eigenvalue weighted by Crippen LogP contribution is -2.03. The van der Waals surface area contributed by atoms with Crippen molar-refractivity contribution in [3.63, 3.8) is 0 Å². The molecule has 6 heteroatoms. The van der Waals surface area contributed by atoms with Gasteiger partial charge in [-0.25, -0.2) is 9.78 Å². The van der Waals surface area contributed by atoms with E-state index in [1.165, 1.54) is 11.3 Å². The van der Waals surface area contributed by atoms with Crippen LogP contribution in [0.25, 0.3) is 0 Å². The van der Waals surface area contributed by atoms with Crippen LogP contribution in [0.2, 0.25) is 0 Å². The molecule has 0 bridgehead atoms. The van der Waals surface area contributed by atoms with Crippen LogP contribution in [0.15, 0.2) is 24.5 Å². The lowest BCUT2D eigenvalue weighted by atomic mass is 10.4. The van der Waals surface area contributed by atoms with E-state index in [0.29, 0.717) is 22.3 Å². The Morgan fingerprint density at radius 3 is 3.06 bits per heavy atom. The molecule has 0 atom stereocenters. The van der Waals surface area contributed by atoms with Crippen molar-refractivity contribution in [3.05, 3.63) is 35.1 Å². The molecule has 0 aliphatic carbocycles. The van der Waals surface area contributed by atoms with Gasteiger partial charge in [0.15, 0.2) is 5.13 Å². The van der Waals surface area contributed by atoms with E-state index in [2.05, 4.69) is 15.3 Å². The number of nitrogens with one attached hydrogen (secondary N) is 1. The Morgan fingerprint density at radius 1 is 1.56 bits per heavy atom. The Hall–Kier alpha value is -1.95. The molecule has 0 spiro atoms. The van der Waals surface area contributed by atoms with Crippen LogP contribution in [0.5, 0.6) is 0 Å². The molecule has 2 heterocycles. The maximum absolute atomic E-state index is 11.6. The van der Waals surface area contributed by atoms with E-state index in [0.717, 1.165) is 5.69 Å². The van der Waals surface area contributed by atoms with E-state index in [-0.39, 0.29) is 5.97 Å². The van der Waals surface area contributed by atoms with Gasteiger partial charge in [0.2, 0.25) is 0 Å². The van der Waals surface area contributed by atoms with Crippen LogP contribution in [-0.4, -0.2) is 22.5 Å². The number of hydrogen-bond donors (Lipinski definition) is 1. The minimum Gasteiger partial charge on any atom is -0.462 e. The van der Waals surface area contributed by atoms with Crippen LogP contribution in [0, 0.1) is 6.92 Å². The average molecular weight is 263 g/mol. The largest absolute Gasteiger partial charge is 0.462 e. The molecule has 0 unspecified atom stereocenters. The summed E-state index contributed by atoms with van der Waals surface area (Å²) in [5.74, 6) is -0.327. The first-order chi connectivity index (χ1) is 8.70. The summed E-state index contributed by atoms with van der Waals surface area (Å²) in [5, 5.41) is 3.76. The first kappa shape index (κ1) is 12.5. The minimum atomic E-state index is -0.327. The number of aromatic nitrogens is 2. The van der Waals surface area contributed by atoms with Gasteiger partial charge in [0.25, 0.3) is 0 Å². The van der Waals surface area contributed by atoms with E-state index < -0.39 is 0 Å². The molecule has 1 N–H and O–H groups in total. The molecule has 5 nitrogen and oxygen atoms in total. The molecule has 0 radical (unpaired) electrons. The maximum atomic E-state index is 11.6. The summed E-state index contributed by atoms with van der Waals surface area (Å²) in [7, 11) is 0. The normalized spacial score (nSPS) is 10.1. The van der Waals surface area contributed by atoms with Crippen LogP contribution in [0.4, 0.5) is 10.8 Å². The van der Waals surface area contributed by atoms with Crippen molar-refractivity contribution in [2.24, 2.45) is 0 Å². The molecule has 2 aromatic heterocycles. The molecule has 0 saturated heterocycles. The zero-order valence-corrected chi connectivity index (χ0v) is 11.0. The first-order valence-corrected chi connectivity index (χ1v) is 6.34. The van der Waals surface area contributed by atoms with E-state index in [9.17, 15) is 4.79 Å². The Balaban J connectivity index is 2.16. The molecule has 0 fully saturated rings.